The molecule has 1 fully saturated rings. The standard InChI is InChI=1S/C30H30F6N4O3/c1-18(2)37-28(42)23-17-22(38-27(41)19-14-20(29(31,32)33)16-21(15-19)30(34,35)36)8-9-24(23)39-10-12-40(13-11-39)25-6-4-5-7-26(25)43-3/h4-9,14-18H,10-13H2,1-3H3,(H,37,42)(H,38,41). The number of benzene rings is 3. The maximum atomic E-state index is 13.3. The molecule has 0 atom stereocenters. The number of nitrogens with one attached hydrogen (secondary N) is 2. The van der Waals surface area contributed by atoms with Gasteiger partial charge in [-0.05, 0) is 62.4 Å². The van der Waals surface area contributed by atoms with E-state index in [-0.39, 0.29) is 23.4 Å². The van der Waals surface area contributed by atoms with Crippen molar-refractivity contribution < 1.29 is 40.7 Å². The van der Waals surface area contributed by atoms with Crippen molar-refractivity contribution in [3.63, 3.8) is 0 Å². The van der Waals surface area contributed by atoms with Gasteiger partial charge in [-0.25, -0.2) is 0 Å². The van der Waals surface area contributed by atoms with Gasteiger partial charge in [-0.1, -0.05) is 12.1 Å². The number of rotatable bonds is 7. The Hall–Kier alpha value is -4.42. The molecule has 7 nitrogen and oxygen atoms in total. The highest BCUT2D eigenvalue weighted by molar-refractivity contribution is 6.06. The molecule has 0 unspecified atom stereocenters. The van der Waals surface area contributed by atoms with Crippen molar-refractivity contribution in [1.82, 2.24) is 5.32 Å². The van der Waals surface area contributed by atoms with Gasteiger partial charge in [0.1, 0.15) is 5.75 Å². The van der Waals surface area contributed by atoms with Crippen LogP contribution in [0, 0.1) is 0 Å². The highest BCUT2D eigenvalue weighted by Gasteiger charge is 2.37. The van der Waals surface area contributed by atoms with Crippen LogP contribution >= 0.6 is 0 Å². The second-order valence-corrected chi connectivity index (χ2v) is 10.3. The molecule has 43 heavy (non-hydrogen) atoms. The summed E-state index contributed by atoms with van der Waals surface area (Å²) in [4.78, 5) is 30.2. The average Bonchev–Trinajstić information content (AvgIpc) is 2.95. The van der Waals surface area contributed by atoms with Crippen LogP contribution in [0.15, 0.2) is 60.7 Å². The van der Waals surface area contributed by atoms with E-state index >= 15 is 0 Å². The monoisotopic (exact) mass is 608 g/mol. The van der Waals surface area contributed by atoms with Gasteiger partial charge in [-0.3, -0.25) is 9.59 Å². The van der Waals surface area contributed by atoms with Gasteiger partial charge in [-0.2, -0.15) is 26.3 Å². The zero-order valence-electron chi connectivity index (χ0n) is 23.6. The minimum Gasteiger partial charge on any atom is -0.495 e. The van der Waals surface area contributed by atoms with Crippen LogP contribution in [0.1, 0.15) is 45.7 Å². The number of alkyl halides is 6. The van der Waals surface area contributed by atoms with Crippen LogP contribution in [0.5, 0.6) is 5.75 Å². The molecule has 3 aromatic rings. The first-order chi connectivity index (χ1) is 20.2. The molecule has 13 heteroatoms. The van der Waals surface area contributed by atoms with Crippen molar-refractivity contribution in [3.05, 3.63) is 82.9 Å². The van der Waals surface area contributed by atoms with Crippen LogP contribution < -0.4 is 25.2 Å². The summed E-state index contributed by atoms with van der Waals surface area (Å²) in [6.45, 7) is 5.83. The number of halogens is 6. The molecule has 4 rings (SSSR count). The fourth-order valence-electron chi connectivity index (χ4n) is 4.78. The maximum Gasteiger partial charge on any atom is 0.416 e. The molecule has 2 amide bonds. The normalized spacial score (nSPS) is 14.1. The van der Waals surface area contributed by atoms with Crippen LogP contribution in [0.4, 0.5) is 43.4 Å². The Morgan fingerprint density at radius 1 is 0.767 bits per heavy atom. The average molecular weight is 609 g/mol. The summed E-state index contributed by atoms with van der Waals surface area (Å²) in [5.74, 6) is -0.909. The number of para-hydroxylation sites is 2. The fraction of sp³-hybridized carbons (Fsp3) is 0.333. The van der Waals surface area contributed by atoms with Gasteiger partial charge >= 0.3 is 12.4 Å². The third-order valence-corrected chi connectivity index (χ3v) is 6.81. The highest BCUT2D eigenvalue weighted by atomic mass is 19.4. The highest BCUT2D eigenvalue weighted by Crippen LogP contribution is 2.37. The lowest BCUT2D eigenvalue weighted by Gasteiger charge is -2.38. The smallest absolute Gasteiger partial charge is 0.416 e. The van der Waals surface area contributed by atoms with Gasteiger partial charge in [0, 0.05) is 49.2 Å². The van der Waals surface area contributed by atoms with Crippen molar-refractivity contribution in [1.29, 1.82) is 0 Å². The maximum absolute atomic E-state index is 13.3. The predicted molar refractivity (Wildman–Crippen MR) is 151 cm³/mol. The molecule has 0 aromatic heterocycles. The quantitative estimate of drug-likeness (QED) is 0.302. The van der Waals surface area contributed by atoms with Gasteiger partial charge in [0.2, 0.25) is 0 Å². The number of amides is 2. The van der Waals surface area contributed by atoms with Crippen LogP contribution in [0.25, 0.3) is 0 Å². The zero-order chi connectivity index (χ0) is 31.5. The first-order valence-electron chi connectivity index (χ1n) is 13.4. The molecule has 2 N–H and O–H groups in total. The number of carbonyl (C=O) groups excluding carboxylic acids is 2. The number of anilines is 3. The van der Waals surface area contributed by atoms with E-state index < -0.39 is 40.9 Å². The first-order valence-corrected chi connectivity index (χ1v) is 13.4. The SMILES string of the molecule is COc1ccccc1N1CCN(c2ccc(NC(=O)c3cc(C(F)(F)F)cc(C(F)(F)F)c3)cc2C(=O)NC(C)C)CC1. The second-order valence-electron chi connectivity index (χ2n) is 10.3. The van der Waals surface area contributed by atoms with Crippen molar-refractivity contribution in [3.8, 4) is 5.75 Å². The van der Waals surface area contributed by atoms with Crippen LogP contribution in [0.3, 0.4) is 0 Å². The van der Waals surface area contributed by atoms with Crippen molar-refractivity contribution in [2.24, 2.45) is 0 Å². The van der Waals surface area contributed by atoms with E-state index in [0.29, 0.717) is 44.0 Å². The Balaban J connectivity index is 1.61. The summed E-state index contributed by atoms with van der Waals surface area (Å²) >= 11 is 0. The number of nitrogens with zero attached hydrogens (tertiary/aromatic N) is 2. The summed E-state index contributed by atoms with van der Waals surface area (Å²) < 4.78 is 85.2. The van der Waals surface area contributed by atoms with Crippen molar-refractivity contribution in [2.45, 2.75) is 32.2 Å². The van der Waals surface area contributed by atoms with E-state index in [1.165, 1.54) is 12.1 Å². The van der Waals surface area contributed by atoms with Gasteiger partial charge in [0.25, 0.3) is 11.8 Å². The molecule has 0 aliphatic carbocycles. The summed E-state index contributed by atoms with van der Waals surface area (Å²) in [6, 6.07) is 12.4. The van der Waals surface area contributed by atoms with Crippen LogP contribution in [-0.2, 0) is 12.4 Å². The summed E-state index contributed by atoms with van der Waals surface area (Å²) in [6.07, 6.45) is -10.2. The van der Waals surface area contributed by atoms with Crippen LogP contribution in [0.2, 0.25) is 0 Å². The molecule has 1 aliphatic heterocycles. The second kappa shape index (κ2) is 12.4. The lowest BCUT2D eigenvalue weighted by molar-refractivity contribution is -0.143. The fourth-order valence-corrected chi connectivity index (χ4v) is 4.78. The van der Waals surface area contributed by atoms with Gasteiger partial charge in [-0.15, -0.1) is 0 Å². The molecular formula is C30H30F6N4O3. The van der Waals surface area contributed by atoms with Crippen molar-refractivity contribution in [2.75, 3.05) is 48.4 Å². The Kier molecular flexibility index (Phi) is 9.12. The molecule has 1 saturated heterocycles. The third kappa shape index (κ3) is 7.51. The van der Waals surface area contributed by atoms with E-state index in [1.54, 1.807) is 27.0 Å². The molecule has 230 valence electrons. The Morgan fingerprint density at radius 3 is 1.86 bits per heavy atom. The molecule has 1 heterocycles. The summed E-state index contributed by atoms with van der Waals surface area (Å²) in [5.41, 5.74) is -2.32. The molecule has 0 spiro atoms. The van der Waals surface area contributed by atoms with E-state index in [4.69, 9.17) is 4.74 Å². The lowest BCUT2D eigenvalue weighted by atomic mass is 10.0. The minimum atomic E-state index is -5.10. The van der Waals surface area contributed by atoms with E-state index in [2.05, 4.69) is 15.5 Å². The van der Waals surface area contributed by atoms with Gasteiger partial charge in [0.15, 0.2) is 0 Å². The van der Waals surface area contributed by atoms with Gasteiger partial charge in [0.05, 0.1) is 29.5 Å². The Bertz CT molecular complexity index is 1450. The number of carbonyl (C=O) groups is 2. The van der Waals surface area contributed by atoms with Crippen LogP contribution in [-0.4, -0.2) is 51.1 Å². The Labute approximate surface area is 244 Å². The number of ether oxygens (including phenoxy) is 1. The van der Waals surface area contributed by atoms with E-state index in [9.17, 15) is 35.9 Å². The number of methoxy groups -OCH3 is 1. The Morgan fingerprint density at radius 2 is 1.33 bits per heavy atom. The molecule has 0 saturated carbocycles. The predicted octanol–water partition coefficient (Wildman–Crippen LogP) is 6.45. The van der Waals surface area contributed by atoms with E-state index in [0.717, 1.165) is 11.4 Å². The van der Waals surface area contributed by atoms with Crippen molar-refractivity contribution >= 4 is 28.9 Å². The number of hydrogen-bond acceptors (Lipinski definition) is 5. The zero-order valence-corrected chi connectivity index (χ0v) is 23.6. The first kappa shape index (κ1) is 31.5. The largest absolute Gasteiger partial charge is 0.495 e. The minimum absolute atomic E-state index is 0.0290. The molecule has 0 bridgehead atoms. The van der Waals surface area contributed by atoms with Gasteiger partial charge < -0.3 is 25.2 Å². The molecular weight excluding hydrogens is 578 g/mol. The molecule has 1 aliphatic rings. The summed E-state index contributed by atoms with van der Waals surface area (Å²) in [5, 5.41) is 5.13. The molecule has 0 radical (unpaired) electrons. The third-order valence-electron chi connectivity index (χ3n) is 6.81. The topological polar surface area (TPSA) is 73.9 Å². The summed E-state index contributed by atoms with van der Waals surface area (Å²) in [7, 11) is 1.59. The number of hydrogen-bond donors (Lipinski definition) is 2. The molecule has 3 aromatic carbocycles. The van der Waals surface area contributed by atoms with E-state index in [1.807, 2.05) is 29.2 Å². The lowest BCUT2D eigenvalue weighted by Crippen LogP contribution is -2.47. The number of piperazine rings is 1.